The maximum Gasteiger partial charge on any atom is 0.237 e. The lowest BCUT2D eigenvalue weighted by Gasteiger charge is -2.48. The monoisotopic (exact) mass is 461 g/mol. The molecule has 2 bridgehead atoms. The topological polar surface area (TPSA) is 60.9 Å². The van der Waals surface area contributed by atoms with Crippen LogP contribution in [0.15, 0.2) is 24.3 Å². The first-order chi connectivity index (χ1) is 15.2. The Hall–Kier alpha value is -1.76. The van der Waals surface area contributed by atoms with Crippen LogP contribution in [0, 0.1) is 11.3 Å². The minimum atomic E-state index is -3.33. The van der Waals surface area contributed by atoms with E-state index >= 15 is 0 Å². The number of carbonyl (C=O) groups is 1. The highest BCUT2D eigenvalue weighted by Gasteiger charge is 2.47. The molecule has 4 saturated heterocycles. The van der Waals surface area contributed by atoms with E-state index in [0.29, 0.717) is 25.4 Å². The Labute approximate surface area is 193 Å². The Balaban J connectivity index is 1.52. The van der Waals surface area contributed by atoms with Crippen LogP contribution in [0.1, 0.15) is 52.9 Å². The molecular formula is C25H39N3O3S. The third-order valence-corrected chi connectivity index (χ3v) is 9.25. The van der Waals surface area contributed by atoms with Gasteiger partial charge in [0, 0.05) is 44.1 Å². The Morgan fingerprint density at radius 3 is 2.31 bits per heavy atom. The normalized spacial score (nSPS) is 25.7. The van der Waals surface area contributed by atoms with Gasteiger partial charge in [0.15, 0.2) is 9.84 Å². The molecule has 0 aromatic heterocycles. The predicted molar refractivity (Wildman–Crippen MR) is 131 cm³/mol. The van der Waals surface area contributed by atoms with E-state index in [9.17, 15) is 13.2 Å². The zero-order chi connectivity index (χ0) is 22.9. The minimum absolute atomic E-state index is 0.0613. The van der Waals surface area contributed by atoms with Crippen molar-refractivity contribution < 1.29 is 13.2 Å². The van der Waals surface area contributed by atoms with Crippen molar-refractivity contribution in [3.05, 3.63) is 24.3 Å². The van der Waals surface area contributed by atoms with Crippen LogP contribution in [0.4, 0.5) is 11.4 Å². The van der Waals surface area contributed by atoms with E-state index in [1.165, 1.54) is 30.6 Å². The lowest BCUT2D eigenvalue weighted by molar-refractivity contribution is -0.128. The van der Waals surface area contributed by atoms with Crippen molar-refractivity contribution in [3.8, 4) is 0 Å². The Morgan fingerprint density at radius 2 is 1.66 bits per heavy atom. The molecule has 0 spiro atoms. The highest BCUT2D eigenvalue weighted by atomic mass is 32.2. The first kappa shape index (κ1) is 23.4. The second-order valence-electron chi connectivity index (χ2n) is 10.7. The summed E-state index contributed by atoms with van der Waals surface area (Å²) < 4.78 is 24.5. The van der Waals surface area contributed by atoms with Gasteiger partial charge in [-0.3, -0.25) is 4.79 Å². The van der Waals surface area contributed by atoms with Crippen molar-refractivity contribution in [3.63, 3.8) is 0 Å². The Morgan fingerprint density at radius 1 is 1.00 bits per heavy atom. The maximum absolute atomic E-state index is 13.0. The summed E-state index contributed by atoms with van der Waals surface area (Å²) in [5.41, 5.74) is 2.57. The Kier molecular flexibility index (Phi) is 6.76. The zero-order valence-corrected chi connectivity index (χ0v) is 20.7. The minimum Gasteiger partial charge on any atom is -0.372 e. The molecule has 0 N–H and O–H groups in total. The van der Waals surface area contributed by atoms with Gasteiger partial charge < -0.3 is 14.7 Å². The van der Waals surface area contributed by atoms with Crippen molar-refractivity contribution in [1.82, 2.24) is 4.90 Å². The summed E-state index contributed by atoms with van der Waals surface area (Å²) in [6.07, 6.45) is 5.48. The van der Waals surface area contributed by atoms with Crippen LogP contribution >= 0.6 is 0 Å². The third kappa shape index (κ3) is 5.08. The summed E-state index contributed by atoms with van der Waals surface area (Å²) in [5.74, 6) is -0.150. The van der Waals surface area contributed by atoms with Gasteiger partial charge in [-0.1, -0.05) is 20.8 Å². The van der Waals surface area contributed by atoms with Crippen LogP contribution in [-0.2, 0) is 14.6 Å². The van der Waals surface area contributed by atoms with E-state index in [1.54, 1.807) is 0 Å². The second-order valence-corrected chi connectivity index (χ2v) is 12.9. The smallest absolute Gasteiger partial charge is 0.237 e. The number of hydrogen-bond donors (Lipinski definition) is 0. The van der Waals surface area contributed by atoms with Crippen LogP contribution in [-0.4, -0.2) is 69.5 Å². The van der Waals surface area contributed by atoms with Crippen molar-refractivity contribution in [2.75, 3.05) is 54.0 Å². The standard InChI is InChI=1S/C25H39N3O3S/c1-4-14-32(30,31)19-24(29)27-16-20-15-25(2,3)23(18-27)28(17-20)22-10-8-21(9-11-22)26-12-6-5-7-13-26/h8-11,20,23H,4-7,12-19H2,1-3H3/t20-,23-/m1/s1. The largest absolute Gasteiger partial charge is 0.372 e. The first-order valence-corrected chi connectivity index (χ1v) is 14.1. The highest BCUT2D eigenvalue weighted by Crippen LogP contribution is 2.43. The third-order valence-electron chi connectivity index (χ3n) is 7.53. The number of rotatable bonds is 6. The number of anilines is 2. The van der Waals surface area contributed by atoms with Crippen molar-refractivity contribution in [2.45, 2.75) is 58.9 Å². The Bertz CT molecular complexity index is 907. The van der Waals surface area contributed by atoms with E-state index in [2.05, 4.69) is 47.9 Å². The molecule has 1 amide bonds. The molecule has 4 heterocycles. The molecule has 178 valence electrons. The van der Waals surface area contributed by atoms with Crippen LogP contribution in [0.2, 0.25) is 0 Å². The number of piperidine rings is 2. The highest BCUT2D eigenvalue weighted by molar-refractivity contribution is 7.92. The van der Waals surface area contributed by atoms with Crippen LogP contribution in [0.3, 0.4) is 0 Å². The maximum atomic E-state index is 13.0. The van der Waals surface area contributed by atoms with Crippen LogP contribution in [0.5, 0.6) is 0 Å². The molecule has 6 nitrogen and oxygen atoms in total. The number of hydrogen-bond acceptors (Lipinski definition) is 5. The van der Waals surface area contributed by atoms with Gasteiger partial charge in [0.05, 0.1) is 11.8 Å². The number of nitrogens with zero attached hydrogens (tertiary/aromatic N) is 3. The lowest BCUT2D eigenvalue weighted by Crippen LogP contribution is -2.54. The summed E-state index contributed by atoms with van der Waals surface area (Å²) in [7, 11) is -3.33. The van der Waals surface area contributed by atoms with Crippen LogP contribution < -0.4 is 9.80 Å². The SMILES string of the molecule is CCCS(=O)(=O)CC(=O)N1C[C@@H]2CN(c3ccc(N4CCCCC4)cc3)[C@H](C1)C(C)(C)C2. The quantitative estimate of drug-likeness (QED) is 0.648. The number of carbonyl (C=O) groups excluding carboxylic acids is 1. The van der Waals surface area contributed by atoms with E-state index < -0.39 is 9.84 Å². The summed E-state index contributed by atoms with van der Waals surface area (Å²) in [6, 6.07) is 9.13. The van der Waals surface area contributed by atoms with Crippen LogP contribution in [0.25, 0.3) is 0 Å². The van der Waals surface area contributed by atoms with Crippen molar-refractivity contribution in [2.24, 2.45) is 11.3 Å². The number of benzene rings is 1. The molecule has 4 fully saturated rings. The number of sulfone groups is 1. The van der Waals surface area contributed by atoms with Crippen molar-refractivity contribution in [1.29, 1.82) is 0 Å². The van der Waals surface area contributed by atoms with Gasteiger partial charge in [0.1, 0.15) is 5.75 Å². The molecule has 5 rings (SSSR count). The van der Waals surface area contributed by atoms with Gasteiger partial charge in [0.2, 0.25) is 5.91 Å². The fraction of sp³-hybridized carbons (Fsp3) is 0.720. The molecular weight excluding hydrogens is 422 g/mol. The molecule has 0 radical (unpaired) electrons. The first-order valence-electron chi connectivity index (χ1n) is 12.3. The van der Waals surface area contributed by atoms with E-state index in [4.69, 9.17) is 0 Å². The lowest BCUT2D eigenvalue weighted by atomic mass is 9.73. The van der Waals surface area contributed by atoms with Gasteiger partial charge in [0.25, 0.3) is 0 Å². The number of amides is 1. The molecule has 7 heteroatoms. The van der Waals surface area contributed by atoms with Crippen molar-refractivity contribution >= 4 is 27.1 Å². The predicted octanol–water partition coefficient (Wildman–Crippen LogP) is 3.57. The molecule has 0 saturated carbocycles. The molecule has 0 aliphatic carbocycles. The van der Waals surface area contributed by atoms with Gasteiger partial charge in [-0.25, -0.2) is 8.42 Å². The zero-order valence-electron chi connectivity index (χ0n) is 19.9. The fourth-order valence-corrected chi connectivity index (χ4v) is 7.32. The van der Waals surface area contributed by atoms with E-state index in [0.717, 1.165) is 26.1 Å². The molecule has 1 aromatic rings. The molecule has 4 aliphatic rings. The average Bonchev–Trinajstić information content (AvgIpc) is 3.01. The van der Waals surface area contributed by atoms with Gasteiger partial charge >= 0.3 is 0 Å². The summed E-state index contributed by atoms with van der Waals surface area (Å²) in [5, 5.41) is 0. The summed E-state index contributed by atoms with van der Waals surface area (Å²) in [6.45, 7) is 10.9. The molecule has 0 unspecified atom stereocenters. The second kappa shape index (κ2) is 9.24. The fourth-order valence-electron chi connectivity index (χ4n) is 5.99. The van der Waals surface area contributed by atoms with Gasteiger partial charge in [-0.15, -0.1) is 0 Å². The van der Waals surface area contributed by atoms with Gasteiger partial charge in [-0.05, 0) is 67.7 Å². The molecule has 2 atom stereocenters. The number of fused-ring (bicyclic) bond motifs is 4. The van der Waals surface area contributed by atoms with Gasteiger partial charge in [-0.2, -0.15) is 0 Å². The molecule has 4 aliphatic heterocycles. The summed E-state index contributed by atoms with van der Waals surface area (Å²) in [4.78, 5) is 19.7. The molecule has 32 heavy (non-hydrogen) atoms. The molecule has 1 aromatic carbocycles. The van der Waals surface area contributed by atoms with E-state index in [1.807, 2.05) is 11.8 Å². The summed E-state index contributed by atoms with van der Waals surface area (Å²) >= 11 is 0. The van der Waals surface area contributed by atoms with E-state index in [-0.39, 0.29) is 28.9 Å². The average molecular weight is 462 g/mol.